The second-order valence-electron chi connectivity index (χ2n) is 7.97. The van der Waals surface area contributed by atoms with Crippen molar-refractivity contribution in [1.29, 1.82) is 5.26 Å². The van der Waals surface area contributed by atoms with Gasteiger partial charge in [-0.25, -0.2) is 0 Å². The largest absolute Gasteiger partial charge is 0.457 e. The molecule has 0 aliphatic heterocycles. The van der Waals surface area contributed by atoms with Crippen LogP contribution in [0.2, 0.25) is 0 Å². The van der Waals surface area contributed by atoms with E-state index >= 15 is 0 Å². The summed E-state index contributed by atoms with van der Waals surface area (Å²) >= 11 is 5.62. The minimum atomic E-state index is -4.80. The number of esters is 1. The summed E-state index contributed by atoms with van der Waals surface area (Å²) in [6.07, 6.45) is -2.64. The van der Waals surface area contributed by atoms with Crippen molar-refractivity contribution in [1.82, 2.24) is 0 Å². The van der Waals surface area contributed by atoms with Gasteiger partial charge in [-0.1, -0.05) is 55.8 Å². The third-order valence-corrected chi connectivity index (χ3v) is 6.71. The molecule has 2 atom stereocenters. The average molecular weight is 450 g/mol. The maximum atomic E-state index is 13.3. The molecule has 2 aromatic rings. The molecule has 0 heterocycles. The van der Waals surface area contributed by atoms with Crippen LogP contribution < -0.4 is 4.74 Å². The van der Waals surface area contributed by atoms with E-state index in [9.17, 15) is 18.0 Å². The summed E-state index contributed by atoms with van der Waals surface area (Å²) in [5.74, 6) is -0.0187. The van der Waals surface area contributed by atoms with Gasteiger partial charge in [0.1, 0.15) is 16.5 Å². The lowest BCUT2D eigenvalue weighted by Crippen LogP contribution is -2.25. The molecule has 8 heteroatoms. The molecule has 0 bridgehead atoms. The normalized spacial score (nSPS) is 24.8. The molecule has 162 valence electrons. The standard InChI is InChI=1S/C23H19ClF3NO3/c1-20(2)21(3,19(29)30-14-28)22(20,13-18(24)23(25,26)27)15-8-7-11-17(12-15)31-16-9-5-4-6-10-16/h4-13H,1-3H3. The van der Waals surface area contributed by atoms with Crippen LogP contribution in [0.3, 0.4) is 0 Å². The molecule has 2 unspecified atom stereocenters. The van der Waals surface area contributed by atoms with Crippen LogP contribution in [-0.2, 0) is 14.9 Å². The van der Waals surface area contributed by atoms with Crippen LogP contribution in [0.4, 0.5) is 13.2 Å². The highest BCUT2D eigenvalue weighted by molar-refractivity contribution is 6.30. The number of nitriles is 1. The molecule has 2 aromatic carbocycles. The number of allylic oxidation sites excluding steroid dienone is 2. The highest BCUT2D eigenvalue weighted by Gasteiger charge is 2.84. The second-order valence-corrected chi connectivity index (χ2v) is 8.38. The fourth-order valence-electron chi connectivity index (χ4n) is 4.45. The zero-order chi connectivity index (χ0) is 23.1. The van der Waals surface area contributed by atoms with Crippen LogP contribution in [0.1, 0.15) is 26.3 Å². The highest BCUT2D eigenvalue weighted by atomic mass is 35.5. The predicted octanol–water partition coefficient (Wildman–Crippen LogP) is 6.47. The zero-order valence-corrected chi connectivity index (χ0v) is 17.7. The number of carbonyl (C=O) groups excluding carboxylic acids is 1. The number of hydrogen-bond donors (Lipinski definition) is 0. The molecule has 1 aliphatic rings. The summed E-state index contributed by atoms with van der Waals surface area (Å²) < 4.78 is 50.4. The maximum absolute atomic E-state index is 13.3. The molecule has 0 spiro atoms. The number of ether oxygens (including phenoxy) is 2. The number of halogens is 4. The van der Waals surface area contributed by atoms with E-state index in [4.69, 9.17) is 21.6 Å². The van der Waals surface area contributed by atoms with Gasteiger partial charge in [-0.3, -0.25) is 4.79 Å². The number of nitrogens with zero attached hydrogens (tertiary/aromatic N) is 1. The number of alkyl halides is 3. The third-order valence-electron chi connectivity index (χ3n) is 6.39. The van der Waals surface area contributed by atoms with Crippen LogP contribution in [0.5, 0.6) is 11.5 Å². The summed E-state index contributed by atoms with van der Waals surface area (Å²) in [7, 11) is 0. The first-order chi connectivity index (χ1) is 14.4. The van der Waals surface area contributed by atoms with E-state index in [1.807, 2.05) is 6.07 Å². The van der Waals surface area contributed by atoms with Crippen LogP contribution in [0.15, 0.2) is 65.7 Å². The van der Waals surface area contributed by atoms with Gasteiger partial charge in [0.2, 0.25) is 0 Å². The molecule has 0 radical (unpaired) electrons. The molecule has 4 nitrogen and oxygen atoms in total. The van der Waals surface area contributed by atoms with Gasteiger partial charge in [0, 0.05) is 5.41 Å². The smallest absolute Gasteiger partial charge is 0.426 e. The lowest BCUT2D eigenvalue weighted by atomic mass is 9.85. The Bertz CT molecular complexity index is 1080. The van der Waals surface area contributed by atoms with Gasteiger partial charge in [-0.05, 0) is 48.2 Å². The molecule has 1 fully saturated rings. The second kappa shape index (κ2) is 7.61. The van der Waals surface area contributed by atoms with E-state index in [2.05, 4.69) is 4.74 Å². The molecule has 0 saturated heterocycles. The minimum absolute atomic E-state index is 0.373. The first-order valence-electron chi connectivity index (χ1n) is 9.31. The average Bonchev–Trinajstić information content (AvgIpc) is 3.10. The predicted molar refractivity (Wildman–Crippen MR) is 108 cm³/mol. The molecular formula is C23H19ClF3NO3. The van der Waals surface area contributed by atoms with Crippen LogP contribution in [0.25, 0.3) is 0 Å². The van der Waals surface area contributed by atoms with Crippen molar-refractivity contribution in [2.24, 2.45) is 10.8 Å². The SMILES string of the molecule is CC1(C)C(C)(C(=O)OC#N)C1(C=C(Cl)C(F)(F)F)c1cccc(Oc2ccccc2)c1. The van der Waals surface area contributed by atoms with E-state index in [0.29, 0.717) is 17.1 Å². The van der Waals surface area contributed by atoms with Gasteiger partial charge in [0.25, 0.3) is 6.26 Å². The Hall–Kier alpha value is -2.98. The summed E-state index contributed by atoms with van der Waals surface area (Å²) in [4.78, 5) is 12.7. The van der Waals surface area contributed by atoms with Gasteiger partial charge in [0.05, 0.1) is 5.41 Å². The molecule has 31 heavy (non-hydrogen) atoms. The van der Waals surface area contributed by atoms with E-state index in [1.165, 1.54) is 13.2 Å². The quantitative estimate of drug-likeness (QED) is 0.387. The molecular weight excluding hydrogens is 431 g/mol. The maximum Gasteiger partial charge on any atom is 0.426 e. The summed E-state index contributed by atoms with van der Waals surface area (Å²) in [6, 6.07) is 15.3. The number of para-hydroxylation sites is 1. The van der Waals surface area contributed by atoms with E-state index < -0.39 is 33.4 Å². The monoisotopic (exact) mass is 449 g/mol. The highest BCUT2D eigenvalue weighted by Crippen LogP contribution is 2.79. The van der Waals surface area contributed by atoms with Crippen molar-refractivity contribution in [3.63, 3.8) is 0 Å². The molecule has 3 rings (SSSR count). The van der Waals surface area contributed by atoms with Crippen molar-refractivity contribution >= 4 is 17.6 Å². The Morgan fingerprint density at radius 2 is 1.68 bits per heavy atom. The number of benzene rings is 2. The lowest BCUT2D eigenvalue weighted by molar-refractivity contribution is -0.144. The van der Waals surface area contributed by atoms with E-state index in [-0.39, 0.29) is 0 Å². The lowest BCUT2D eigenvalue weighted by Gasteiger charge is -2.21. The van der Waals surface area contributed by atoms with Gasteiger partial charge in [0.15, 0.2) is 0 Å². The Morgan fingerprint density at radius 3 is 2.26 bits per heavy atom. The van der Waals surface area contributed by atoms with E-state index in [0.717, 1.165) is 6.08 Å². The van der Waals surface area contributed by atoms with Gasteiger partial charge in [-0.2, -0.15) is 13.2 Å². The van der Waals surface area contributed by atoms with Crippen molar-refractivity contribution in [3.8, 4) is 17.8 Å². The third kappa shape index (κ3) is 3.45. The minimum Gasteiger partial charge on any atom is -0.457 e. The fourth-order valence-corrected chi connectivity index (χ4v) is 4.61. The van der Waals surface area contributed by atoms with Crippen molar-refractivity contribution in [2.45, 2.75) is 32.4 Å². The Morgan fingerprint density at radius 1 is 1.06 bits per heavy atom. The first-order valence-corrected chi connectivity index (χ1v) is 9.69. The van der Waals surface area contributed by atoms with Crippen LogP contribution in [0, 0.1) is 22.3 Å². The Labute approximate surface area is 182 Å². The summed E-state index contributed by atoms with van der Waals surface area (Å²) in [6.45, 7) is 4.73. The Balaban J connectivity index is 2.17. The van der Waals surface area contributed by atoms with Gasteiger partial charge in [-0.15, -0.1) is 5.26 Å². The van der Waals surface area contributed by atoms with Crippen molar-refractivity contribution in [3.05, 3.63) is 71.3 Å². The fraction of sp³-hybridized carbons (Fsp3) is 0.304. The number of carbonyl (C=O) groups is 1. The molecule has 1 aliphatic carbocycles. The topological polar surface area (TPSA) is 59.3 Å². The molecule has 0 amide bonds. The van der Waals surface area contributed by atoms with Crippen molar-refractivity contribution in [2.75, 3.05) is 0 Å². The van der Waals surface area contributed by atoms with Crippen molar-refractivity contribution < 1.29 is 27.4 Å². The zero-order valence-electron chi connectivity index (χ0n) is 17.0. The van der Waals surface area contributed by atoms with Crippen LogP contribution >= 0.6 is 11.6 Å². The molecule has 1 saturated carbocycles. The number of hydrogen-bond acceptors (Lipinski definition) is 4. The molecule has 0 N–H and O–H groups in total. The van der Waals surface area contributed by atoms with Crippen LogP contribution in [-0.4, -0.2) is 12.1 Å². The number of rotatable bonds is 5. The van der Waals surface area contributed by atoms with Gasteiger partial charge >= 0.3 is 12.1 Å². The molecule has 0 aromatic heterocycles. The van der Waals surface area contributed by atoms with Gasteiger partial charge < -0.3 is 9.47 Å². The summed E-state index contributed by atoms with van der Waals surface area (Å²) in [5, 5.41) is 7.47. The summed E-state index contributed by atoms with van der Waals surface area (Å²) in [5.41, 5.74) is -3.64. The van der Waals surface area contributed by atoms with E-state index in [1.54, 1.807) is 62.4 Å². The Kier molecular flexibility index (Phi) is 5.57. The first kappa shape index (κ1) is 22.7.